The maximum Gasteiger partial charge on any atom is 0.264 e. The van der Waals surface area contributed by atoms with Crippen LogP contribution in [0.1, 0.15) is 24.6 Å². The molecule has 7 nitrogen and oxygen atoms in total. The van der Waals surface area contributed by atoms with Gasteiger partial charge >= 0.3 is 0 Å². The Bertz CT molecular complexity index is 1330. The lowest BCUT2D eigenvalue weighted by molar-refractivity contribution is -0.166. The van der Waals surface area contributed by atoms with Crippen LogP contribution in [0.25, 0.3) is 0 Å². The van der Waals surface area contributed by atoms with Crippen LogP contribution in [-0.4, -0.2) is 42.6 Å². The predicted molar refractivity (Wildman–Crippen MR) is 134 cm³/mol. The fourth-order valence-electron chi connectivity index (χ4n) is 6.14. The van der Waals surface area contributed by atoms with Crippen LogP contribution in [0.3, 0.4) is 0 Å². The van der Waals surface area contributed by atoms with E-state index in [1.54, 1.807) is 6.07 Å². The SMILES string of the molecule is CC1([C@@H]2[C@@H](COS(C)(=O)=O)[C@@H](O)[C@@]3(O)c4ncc(Cl)cc4O[C@@]23c2ccc(Br)cc2)C=CC=CC1. The number of rotatable bonds is 5. The van der Waals surface area contributed by atoms with Gasteiger partial charge in [0.2, 0.25) is 0 Å². The van der Waals surface area contributed by atoms with E-state index in [1.807, 2.05) is 55.5 Å². The molecule has 0 bridgehead atoms. The number of pyridine rings is 1. The van der Waals surface area contributed by atoms with Crippen LogP contribution < -0.4 is 4.74 Å². The van der Waals surface area contributed by atoms with E-state index in [4.69, 9.17) is 20.5 Å². The number of allylic oxidation sites excluding steroid dienone is 4. The van der Waals surface area contributed by atoms with Crippen molar-refractivity contribution in [1.29, 1.82) is 0 Å². The van der Waals surface area contributed by atoms with Gasteiger partial charge in [0.25, 0.3) is 10.1 Å². The molecule has 2 aliphatic carbocycles. The molecule has 0 saturated heterocycles. The van der Waals surface area contributed by atoms with Crippen molar-refractivity contribution < 1.29 is 27.6 Å². The minimum absolute atomic E-state index is 0.156. The molecule has 2 N–H and O–H groups in total. The third-order valence-corrected chi connectivity index (χ3v) is 8.76. The van der Waals surface area contributed by atoms with Crippen molar-refractivity contribution in [3.63, 3.8) is 0 Å². The summed E-state index contributed by atoms with van der Waals surface area (Å²) >= 11 is 9.67. The molecular formula is C25H25BrClNO6S. The summed E-state index contributed by atoms with van der Waals surface area (Å²) in [5, 5.41) is 24.6. The van der Waals surface area contributed by atoms with E-state index in [-0.39, 0.29) is 18.1 Å². The minimum atomic E-state index is -3.81. The molecule has 1 aromatic heterocycles. The lowest BCUT2D eigenvalue weighted by Crippen LogP contribution is -2.55. The number of ether oxygens (including phenoxy) is 1. The van der Waals surface area contributed by atoms with Crippen molar-refractivity contribution in [2.75, 3.05) is 12.9 Å². The number of hydrogen-bond acceptors (Lipinski definition) is 7. The molecule has 3 aliphatic rings. The molecule has 10 heteroatoms. The molecular weight excluding hydrogens is 558 g/mol. The summed E-state index contributed by atoms with van der Waals surface area (Å²) in [4.78, 5) is 4.39. The first-order valence-electron chi connectivity index (χ1n) is 11.1. The average Bonchev–Trinajstić information content (AvgIpc) is 3.15. The molecule has 186 valence electrons. The molecule has 1 aromatic carbocycles. The van der Waals surface area contributed by atoms with Crippen molar-refractivity contribution in [2.45, 2.75) is 30.7 Å². The lowest BCUT2D eigenvalue weighted by atomic mass is 9.60. The van der Waals surface area contributed by atoms with Crippen LogP contribution in [-0.2, 0) is 25.5 Å². The van der Waals surface area contributed by atoms with Crippen LogP contribution in [0.5, 0.6) is 5.75 Å². The highest BCUT2D eigenvalue weighted by molar-refractivity contribution is 9.10. The van der Waals surface area contributed by atoms with Gasteiger partial charge < -0.3 is 14.9 Å². The van der Waals surface area contributed by atoms with Crippen LogP contribution in [0, 0.1) is 17.3 Å². The van der Waals surface area contributed by atoms with E-state index < -0.39 is 44.7 Å². The summed E-state index contributed by atoms with van der Waals surface area (Å²) < 4.78 is 36.6. The molecule has 5 rings (SSSR count). The molecule has 0 spiro atoms. The Morgan fingerprint density at radius 3 is 2.63 bits per heavy atom. The Hall–Kier alpha value is -1.75. The van der Waals surface area contributed by atoms with E-state index in [0.717, 1.165) is 10.7 Å². The number of aliphatic hydroxyl groups is 2. The number of nitrogens with zero attached hydrogens (tertiary/aromatic N) is 1. The Kier molecular flexibility index (Phi) is 5.98. The van der Waals surface area contributed by atoms with Crippen molar-refractivity contribution >= 4 is 37.6 Å². The lowest BCUT2D eigenvalue weighted by Gasteiger charge is -2.47. The van der Waals surface area contributed by atoms with Crippen LogP contribution in [0.15, 0.2) is 65.3 Å². The first-order chi connectivity index (χ1) is 16.4. The van der Waals surface area contributed by atoms with Crippen molar-refractivity contribution in [3.8, 4) is 5.75 Å². The molecule has 0 radical (unpaired) electrons. The molecule has 0 amide bonds. The van der Waals surface area contributed by atoms with Crippen LogP contribution >= 0.6 is 27.5 Å². The van der Waals surface area contributed by atoms with Gasteiger partial charge in [0.1, 0.15) is 11.4 Å². The molecule has 2 heterocycles. The minimum Gasteiger partial charge on any atom is -0.477 e. The predicted octanol–water partition coefficient (Wildman–Crippen LogP) is 4.08. The fourth-order valence-corrected chi connectivity index (χ4v) is 6.96. The summed E-state index contributed by atoms with van der Waals surface area (Å²) in [6.45, 7) is 1.68. The van der Waals surface area contributed by atoms with E-state index >= 15 is 0 Å². The second-order valence-corrected chi connectivity index (χ2v) is 12.7. The number of benzene rings is 1. The quantitative estimate of drug-likeness (QED) is 0.512. The van der Waals surface area contributed by atoms with Gasteiger partial charge in [-0.15, -0.1) is 0 Å². The van der Waals surface area contributed by atoms with Gasteiger partial charge in [0.05, 0.1) is 24.0 Å². The van der Waals surface area contributed by atoms with Crippen molar-refractivity contribution in [2.24, 2.45) is 17.3 Å². The van der Waals surface area contributed by atoms with Gasteiger partial charge in [0.15, 0.2) is 11.2 Å². The molecule has 1 unspecified atom stereocenters. The maximum atomic E-state index is 12.5. The van der Waals surface area contributed by atoms with Gasteiger partial charge in [-0.2, -0.15) is 8.42 Å². The van der Waals surface area contributed by atoms with Crippen LogP contribution in [0.2, 0.25) is 5.02 Å². The van der Waals surface area contributed by atoms with Crippen molar-refractivity contribution in [1.82, 2.24) is 4.98 Å². The second-order valence-electron chi connectivity index (χ2n) is 9.68. The highest BCUT2D eigenvalue weighted by Gasteiger charge is 2.78. The Balaban J connectivity index is 1.80. The molecule has 1 aliphatic heterocycles. The Morgan fingerprint density at radius 1 is 1.29 bits per heavy atom. The smallest absolute Gasteiger partial charge is 0.264 e. The molecule has 1 fully saturated rings. The highest BCUT2D eigenvalue weighted by Crippen LogP contribution is 2.69. The van der Waals surface area contributed by atoms with Gasteiger partial charge in [0, 0.05) is 28.6 Å². The highest BCUT2D eigenvalue weighted by atomic mass is 79.9. The normalized spacial score (nSPS) is 35.5. The average molecular weight is 583 g/mol. The van der Waals surface area contributed by atoms with Crippen molar-refractivity contribution in [3.05, 3.63) is 81.6 Å². The maximum absolute atomic E-state index is 12.5. The zero-order chi connectivity index (χ0) is 25.2. The Morgan fingerprint density at radius 2 is 2.00 bits per heavy atom. The summed E-state index contributed by atoms with van der Waals surface area (Å²) in [5.41, 5.74) is -3.38. The summed E-state index contributed by atoms with van der Waals surface area (Å²) in [6, 6.07) is 8.90. The van der Waals surface area contributed by atoms with E-state index in [1.165, 1.54) is 6.20 Å². The zero-order valence-corrected chi connectivity index (χ0v) is 22.2. The van der Waals surface area contributed by atoms with Gasteiger partial charge in [-0.05, 0) is 29.5 Å². The van der Waals surface area contributed by atoms with E-state index in [2.05, 4.69) is 20.9 Å². The molecule has 6 atom stereocenters. The van der Waals surface area contributed by atoms with Gasteiger partial charge in [-0.3, -0.25) is 9.17 Å². The molecule has 35 heavy (non-hydrogen) atoms. The van der Waals surface area contributed by atoms with Gasteiger partial charge in [-0.1, -0.05) is 70.9 Å². The number of hydrogen-bond donors (Lipinski definition) is 2. The van der Waals surface area contributed by atoms with Gasteiger partial charge in [-0.25, -0.2) is 0 Å². The third-order valence-electron chi connectivity index (χ3n) is 7.46. The second kappa shape index (κ2) is 8.39. The van der Waals surface area contributed by atoms with E-state index in [0.29, 0.717) is 17.0 Å². The first kappa shape index (κ1) is 24.9. The number of halogens is 2. The molecule has 1 saturated carbocycles. The monoisotopic (exact) mass is 581 g/mol. The van der Waals surface area contributed by atoms with E-state index in [9.17, 15) is 18.6 Å². The largest absolute Gasteiger partial charge is 0.477 e. The Labute approximate surface area is 217 Å². The third kappa shape index (κ3) is 3.70. The van der Waals surface area contributed by atoms with Crippen LogP contribution in [0.4, 0.5) is 0 Å². The summed E-state index contributed by atoms with van der Waals surface area (Å²) in [5.74, 6) is -1.16. The number of aliphatic hydroxyl groups excluding tert-OH is 1. The topological polar surface area (TPSA) is 106 Å². The first-order valence-corrected chi connectivity index (χ1v) is 14.1. The number of fused-ring (bicyclic) bond motifs is 3. The fraction of sp³-hybridized carbons (Fsp3) is 0.400. The summed E-state index contributed by atoms with van der Waals surface area (Å²) in [6.07, 6.45) is 9.34. The molecule has 2 aromatic rings. The standard InChI is InChI=1S/C25H25BrClNO6S/c1-23(10-4-3-5-11-23)20-18(14-33-35(2,31)32)22(29)24(30)21-19(12-17(27)13-28-21)34-25(20,24)15-6-8-16(26)9-7-15/h3-10,12-13,18,20,22,29-30H,11,14H2,1-2H3/t18-,20+,22-,23?,24+,25+/m1/s1. The number of aromatic nitrogens is 1. The summed E-state index contributed by atoms with van der Waals surface area (Å²) in [7, 11) is -3.81. The zero-order valence-electron chi connectivity index (χ0n) is 19.1.